The van der Waals surface area contributed by atoms with Crippen molar-refractivity contribution in [1.29, 1.82) is 0 Å². The Kier molecular flexibility index (Phi) is 14.9. The third kappa shape index (κ3) is 11.5. The van der Waals surface area contributed by atoms with E-state index in [1.54, 1.807) is 0 Å². The van der Waals surface area contributed by atoms with Crippen LogP contribution in [0.25, 0.3) is 0 Å². The van der Waals surface area contributed by atoms with Crippen LogP contribution >= 0.6 is 0 Å². The van der Waals surface area contributed by atoms with Gasteiger partial charge in [-0.25, -0.2) is 0 Å². The lowest BCUT2D eigenvalue weighted by atomic mass is 9.88. The molecule has 21 heavy (non-hydrogen) atoms. The van der Waals surface area contributed by atoms with Gasteiger partial charge in [-0.3, -0.25) is 4.99 Å². The van der Waals surface area contributed by atoms with Gasteiger partial charge in [0, 0.05) is 12.4 Å². The van der Waals surface area contributed by atoms with E-state index < -0.39 is 0 Å². The molecular formula is C20H37N. The SMILES string of the molecule is CC=N/C=C(\C=C/C)C(CCCCCC)CCCCCC. The van der Waals surface area contributed by atoms with Crippen molar-refractivity contribution in [2.45, 2.75) is 91.9 Å². The lowest BCUT2D eigenvalue weighted by Gasteiger charge is -2.18. The maximum atomic E-state index is 4.36. The van der Waals surface area contributed by atoms with Gasteiger partial charge in [-0.05, 0) is 38.2 Å². The summed E-state index contributed by atoms with van der Waals surface area (Å²) in [5.74, 6) is 0.693. The molecule has 0 rings (SSSR count). The molecule has 0 heterocycles. The predicted molar refractivity (Wildman–Crippen MR) is 98.1 cm³/mol. The van der Waals surface area contributed by atoms with Crippen LogP contribution in [0.4, 0.5) is 0 Å². The van der Waals surface area contributed by atoms with Gasteiger partial charge in [-0.15, -0.1) is 0 Å². The largest absolute Gasteiger partial charge is 0.269 e. The molecule has 1 heteroatoms. The first-order chi connectivity index (χ1) is 10.3. The number of rotatable bonds is 13. The zero-order chi connectivity index (χ0) is 15.8. The van der Waals surface area contributed by atoms with Crippen molar-refractivity contribution >= 4 is 6.21 Å². The molecular weight excluding hydrogens is 254 g/mol. The summed E-state index contributed by atoms with van der Waals surface area (Å²) in [5, 5.41) is 0. The lowest BCUT2D eigenvalue weighted by molar-refractivity contribution is 0.460. The van der Waals surface area contributed by atoms with E-state index in [0.29, 0.717) is 5.92 Å². The Labute approximate surface area is 133 Å². The van der Waals surface area contributed by atoms with Gasteiger partial charge in [0.15, 0.2) is 0 Å². The van der Waals surface area contributed by atoms with E-state index in [0.717, 1.165) is 0 Å². The molecule has 0 spiro atoms. The van der Waals surface area contributed by atoms with Crippen molar-refractivity contribution in [3.63, 3.8) is 0 Å². The molecule has 0 N–H and O–H groups in total. The first kappa shape index (κ1) is 20.1. The first-order valence-corrected chi connectivity index (χ1v) is 9.10. The molecule has 122 valence electrons. The second-order valence-electron chi connectivity index (χ2n) is 5.93. The molecule has 0 saturated heterocycles. The van der Waals surface area contributed by atoms with Crippen LogP contribution in [0.5, 0.6) is 0 Å². The van der Waals surface area contributed by atoms with Crippen LogP contribution < -0.4 is 0 Å². The van der Waals surface area contributed by atoms with Crippen molar-refractivity contribution < 1.29 is 0 Å². The fraction of sp³-hybridized carbons (Fsp3) is 0.750. The summed E-state index contributed by atoms with van der Waals surface area (Å²) in [6.45, 7) is 8.66. The predicted octanol–water partition coefficient (Wildman–Crippen LogP) is 7.09. The van der Waals surface area contributed by atoms with Gasteiger partial charge in [-0.1, -0.05) is 77.4 Å². The number of allylic oxidation sites excluding steroid dienone is 3. The molecule has 1 nitrogen and oxygen atoms in total. The highest BCUT2D eigenvalue weighted by molar-refractivity contribution is 5.54. The normalized spacial score (nSPS) is 13.1. The molecule has 0 aliphatic carbocycles. The van der Waals surface area contributed by atoms with Crippen LogP contribution in [-0.2, 0) is 0 Å². The van der Waals surface area contributed by atoms with Gasteiger partial charge >= 0.3 is 0 Å². The zero-order valence-electron chi connectivity index (χ0n) is 14.9. The molecule has 0 aliphatic heterocycles. The van der Waals surface area contributed by atoms with Gasteiger partial charge in [-0.2, -0.15) is 0 Å². The Morgan fingerprint density at radius 2 is 1.43 bits per heavy atom. The van der Waals surface area contributed by atoms with Gasteiger partial charge in [0.2, 0.25) is 0 Å². The molecule has 0 radical (unpaired) electrons. The molecule has 0 aromatic rings. The molecule has 0 unspecified atom stereocenters. The van der Waals surface area contributed by atoms with Gasteiger partial charge < -0.3 is 0 Å². The van der Waals surface area contributed by atoms with Gasteiger partial charge in [0.05, 0.1) is 0 Å². The highest BCUT2D eigenvalue weighted by Crippen LogP contribution is 2.26. The average Bonchev–Trinajstić information content (AvgIpc) is 2.50. The minimum absolute atomic E-state index is 0.693. The van der Waals surface area contributed by atoms with E-state index >= 15 is 0 Å². The van der Waals surface area contributed by atoms with Crippen molar-refractivity contribution in [3.05, 3.63) is 23.9 Å². The quantitative estimate of drug-likeness (QED) is 0.195. The third-order valence-electron chi connectivity index (χ3n) is 4.02. The molecule has 0 aromatic carbocycles. The first-order valence-electron chi connectivity index (χ1n) is 9.10. The van der Waals surface area contributed by atoms with Crippen LogP contribution in [-0.4, -0.2) is 6.21 Å². The van der Waals surface area contributed by atoms with Crippen LogP contribution in [0.15, 0.2) is 28.9 Å². The second kappa shape index (κ2) is 15.5. The van der Waals surface area contributed by atoms with E-state index in [4.69, 9.17) is 0 Å². The molecule has 0 bridgehead atoms. The maximum absolute atomic E-state index is 4.36. The monoisotopic (exact) mass is 291 g/mol. The fourth-order valence-corrected chi connectivity index (χ4v) is 2.75. The Bertz CT molecular complexity index is 287. The fourth-order valence-electron chi connectivity index (χ4n) is 2.75. The van der Waals surface area contributed by atoms with Crippen LogP contribution in [0.2, 0.25) is 0 Å². The molecule has 0 aromatic heterocycles. The summed E-state index contributed by atoms with van der Waals surface area (Å²) < 4.78 is 0. The smallest absolute Gasteiger partial charge is 0.0298 e. The summed E-state index contributed by atoms with van der Waals surface area (Å²) in [5.41, 5.74) is 1.42. The number of hydrogen-bond donors (Lipinski definition) is 0. The standard InChI is InChI=1S/C20H37N/c1-5-9-11-13-16-19(17-14-12-10-6-2)20(15-7-3)18-21-8-4/h7-8,15,18-19H,5-6,9-14,16-17H2,1-4H3/b15-7-,20-18+,21-8?. The van der Waals surface area contributed by atoms with E-state index in [2.05, 4.69) is 44.1 Å². The summed E-state index contributed by atoms with van der Waals surface area (Å²) in [4.78, 5) is 4.36. The molecule has 0 saturated carbocycles. The molecule has 0 amide bonds. The van der Waals surface area contributed by atoms with Gasteiger partial charge in [0.1, 0.15) is 0 Å². The summed E-state index contributed by atoms with van der Waals surface area (Å²) in [7, 11) is 0. The van der Waals surface area contributed by atoms with Crippen LogP contribution in [0.1, 0.15) is 91.9 Å². The highest BCUT2D eigenvalue weighted by Gasteiger charge is 2.12. The van der Waals surface area contributed by atoms with E-state index in [9.17, 15) is 0 Å². The number of aliphatic imine (C=N–C) groups is 1. The van der Waals surface area contributed by atoms with Crippen molar-refractivity contribution in [2.24, 2.45) is 10.9 Å². The minimum atomic E-state index is 0.693. The zero-order valence-corrected chi connectivity index (χ0v) is 14.9. The lowest BCUT2D eigenvalue weighted by Crippen LogP contribution is -2.04. The molecule has 0 fully saturated rings. The topological polar surface area (TPSA) is 12.4 Å². The van der Waals surface area contributed by atoms with E-state index in [-0.39, 0.29) is 0 Å². The van der Waals surface area contributed by atoms with E-state index in [1.165, 1.54) is 69.8 Å². The Hall–Kier alpha value is -0.850. The van der Waals surface area contributed by atoms with Crippen molar-refractivity contribution in [1.82, 2.24) is 0 Å². The highest BCUT2D eigenvalue weighted by atomic mass is 14.7. The van der Waals surface area contributed by atoms with Crippen molar-refractivity contribution in [2.75, 3.05) is 0 Å². The average molecular weight is 292 g/mol. The Morgan fingerprint density at radius 3 is 1.86 bits per heavy atom. The minimum Gasteiger partial charge on any atom is -0.269 e. The Balaban J connectivity index is 4.55. The number of nitrogens with zero attached hydrogens (tertiary/aromatic N) is 1. The molecule has 0 aliphatic rings. The summed E-state index contributed by atoms with van der Waals surface area (Å²) >= 11 is 0. The van der Waals surface area contributed by atoms with Gasteiger partial charge in [0.25, 0.3) is 0 Å². The van der Waals surface area contributed by atoms with E-state index in [1.807, 2.05) is 13.1 Å². The maximum Gasteiger partial charge on any atom is 0.0298 e. The Morgan fingerprint density at radius 1 is 0.857 bits per heavy atom. The number of hydrogen-bond acceptors (Lipinski definition) is 1. The number of unbranched alkanes of at least 4 members (excludes halogenated alkanes) is 6. The summed E-state index contributed by atoms with van der Waals surface area (Å²) in [6, 6.07) is 0. The summed E-state index contributed by atoms with van der Waals surface area (Å²) in [6.07, 6.45) is 21.9. The third-order valence-corrected chi connectivity index (χ3v) is 4.02. The molecule has 0 atom stereocenters. The van der Waals surface area contributed by atoms with Crippen LogP contribution in [0.3, 0.4) is 0 Å². The van der Waals surface area contributed by atoms with Crippen molar-refractivity contribution in [3.8, 4) is 0 Å². The van der Waals surface area contributed by atoms with Crippen LogP contribution in [0, 0.1) is 5.92 Å². The second-order valence-corrected chi connectivity index (χ2v) is 5.93.